The average molecular weight is 193 g/mol. The lowest BCUT2D eigenvalue weighted by Gasteiger charge is -2.13. The molecule has 1 atom stereocenters. The monoisotopic (exact) mass is 193 g/mol. The number of H-pyrrole nitrogens is 1. The largest absolute Gasteiger partial charge is 0.317 e. The Hall–Kier alpha value is -0.830. The van der Waals surface area contributed by atoms with E-state index in [4.69, 9.17) is 0 Å². The maximum atomic E-state index is 4.15. The Morgan fingerprint density at radius 1 is 1.43 bits per heavy atom. The molecule has 1 aromatic heterocycles. The van der Waals surface area contributed by atoms with E-state index in [0.29, 0.717) is 5.92 Å². The summed E-state index contributed by atoms with van der Waals surface area (Å²) in [6.07, 6.45) is 6.90. The smallest absolute Gasteiger partial charge is 0.0522 e. The number of nitrogens with one attached hydrogen (secondary N) is 2. The first kappa shape index (κ1) is 9.71. The minimum atomic E-state index is 0.697. The van der Waals surface area contributed by atoms with Gasteiger partial charge in [0, 0.05) is 11.6 Å². The van der Waals surface area contributed by atoms with Gasteiger partial charge in [-0.25, -0.2) is 0 Å². The van der Waals surface area contributed by atoms with Crippen LogP contribution in [0, 0.1) is 0 Å². The molecule has 2 rings (SSSR count). The van der Waals surface area contributed by atoms with Gasteiger partial charge in [0.05, 0.1) is 6.20 Å². The van der Waals surface area contributed by atoms with Gasteiger partial charge < -0.3 is 5.32 Å². The Morgan fingerprint density at radius 2 is 2.36 bits per heavy atom. The van der Waals surface area contributed by atoms with Crippen LogP contribution in [-0.2, 0) is 6.42 Å². The SMILES string of the molecule is CCc1cn[nH]c1C1CCCNCC1. The van der Waals surface area contributed by atoms with Crippen molar-refractivity contribution in [2.45, 2.75) is 38.5 Å². The Balaban J connectivity index is 2.11. The normalized spacial score (nSPS) is 23.4. The molecule has 1 unspecified atom stereocenters. The zero-order chi connectivity index (χ0) is 9.80. The second-order valence-electron chi connectivity index (χ2n) is 4.04. The van der Waals surface area contributed by atoms with Crippen molar-refractivity contribution in [2.24, 2.45) is 0 Å². The van der Waals surface area contributed by atoms with Crippen LogP contribution in [0.15, 0.2) is 6.20 Å². The summed E-state index contributed by atoms with van der Waals surface area (Å²) in [7, 11) is 0. The van der Waals surface area contributed by atoms with Crippen molar-refractivity contribution in [3.8, 4) is 0 Å². The summed E-state index contributed by atoms with van der Waals surface area (Å²) in [4.78, 5) is 0. The molecule has 1 fully saturated rings. The van der Waals surface area contributed by atoms with Gasteiger partial charge in [-0.1, -0.05) is 6.92 Å². The molecule has 2 heterocycles. The van der Waals surface area contributed by atoms with Gasteiger partial charge in [-0.2, -0.15) is 5.10 Å². The number of aromatic amines is 1. The van der Waals surface area contributed by atoms with E-state index in [1.54, 1.807) is 0 Å². The highest BCUT2D eigenvalue weighted by Crippen LogP contribution is 2.27. The van der Waals surface area contributed by atoms with Gasteiger partial charge >= 0.3 is 0 Å². The van der Waals surface area contributed by atoms with Gasteiger partial charge in [-0.3, -0.25) is 5.10 Å². The van der Waals surface area contributed by atoms with Crippen molar-refractivity contribution >= 4 is 0 Å². The van der Waals surface area contributed by atoms with E-state index in [9.17, 15) is 0 Å². The summed E-state index contributed by atoms with van der Waals surface area (Å²) in [5.74, 6) is 0.697. The van der Waals surface area contributed by atoms with Crippen LogP contribution in [0.3, 0.4) is 0 Å². The fourth-order valence-electron chi connectivity index (χ4n) is 2.26. The predicted octanol–water partition coefficient (Wildman–Crippen LogP) is 1.83. The van der Waals surface area contributed by atoms with Crippen LogP contribution < -0.4 is 5.32 Å². The molecule has 78 valence electrons. The number of aryl methyl sites for hydroxylation is 1. The molecule has 0 spiro atoms. The first-order valence-corrected chi connectivity index (χ1v) is 5.64. The van der Waals surface area contributed by atoms with E-state index in [1.807, 2.05) is 6.20 Å². The summed E-state index contributed by atoms with van der Waals surface area (Å²) in [5.41, 5.74) is 2.79. The number of nitrogens with zero attached hydrogens (tertiary/aromatic N) is 1. The van der Waals surface area contributed by atoms with E-state index >= 15 is 0 Å². The Morgan fingerprint density at radius 3 is 3.21 bits per heavy atom. The van der Waals surface area contributed by atoms with E-state index in [-0.39, 0.29) is 0 Å². The molecule has 0 saturated carbocycles. The van der Waals surface area contributed by atoms with Crippen LogP contribution in [0.25, 0.3) is 0 Å². The van der Waals surface area contributed by atoms with Gasteiger partial charge in [-0.05, 0) is 44.3 Å². The zero-order valence-corrected chi connectivity index (χ0v) is 8.84. The summed E-state index contributed by atoms with van der Waals surface area (Å²) in [6, 6.07) is 0. The van der Waals surface area contributed by atoms with Crippen LogP contribution in [0.4, 0.5) is 0 Å². The highest BCUT2D eigenvalue weighted by atomic mass is 15.1. The molecule has 1 aromatic rings. The maximum Gasteiger partial charge on any atom is 0.0522 e. The van der Waals surface area contributed by atoms with E-state index in [2.05, 4.69) is 22.4 Å². The van der Waals surface area contributed by atoms with Crippen LogP contribution in [0.5, 0.6) is 0 Å². The number of rotatable bonds is 2. The van der Waals surface area contributed by atoms with Crippen molar-refractivity contribution in [1.82, 2.24) is 15.5 Å². The van der Waals surface area contributed by atoms with Crippen molar-refractivity contribution in [3.05, 3.63) is 17.5 Å². The molecule has 0 amide bonds. The van der Waals surface area contributed by atoms with Crippen LogP contribution in [-0.4, -0.2) is 23.3 Å². The van der Waals surface area contributed by atoms with Crippen molar-refractivity contribution in [2.75, 3.05) is 13.1 Å². The molecule has 3 heteroatoms. The summed E-state index contributed by atoms with van der Waals surface area (Å²) < 4.78 is 0. The molecule has 1 aliphatic rings. The molecule has 14 heavy (non-hydrogen) atoms. The summed E-state index contributed by atoms with van der Waals surface area (Å²) in [5, 5.41) is 10.8. The molecular formula is C11H19N3. The number of hydrogen-bond acceptors (Lipinski definition) is 2. The fraction of sp³-hybridized carbons (Fsp3) is 0.727. The molecule has 0 bridgehead atoms. The first-order valence-electron chi connectivity index (χ1n) is 5.64. The lowest BCUT2D eigenvalue weighted by molar-refractivity contribution is 0.587. The quantitative estimate of drug-likeness (QED) is 0.752. The molecule has 0 radical (unpaired) electrons. The van der Waals surface area contributed by atoms with Crippen LogP contribution in [0.1, 0.15) is 43.4 Å². The Kier molecular flexibility index (Phi) is 3.19. The molecule has 0 aromatic carbocycles. The number of aromatic nitrogens is 2. The zero-order valence-electron chi connectivity index (χ0n) is 8.84. The minimum Gasteiger partial charge on any atom is -0.317 e. The molecule has 2 N–H and O–H groups in total. The van der Waals surface area contributed by atoms with Gasteiger partial charge in [-0.15, -0.1) is 0 Å². The predicted molar refractivity (Wildman–Crippen MR) is 57.4 cm³/mol. The van der Waals surface area contributed by atoms with Crippen molar-refractivity contribution < 1.29 is 0 Å². The number of hydrogen-bond donors (Lipinski definition) is 2. The van der Waals surface area contributed by atoms with Crippen LogP contribution in [0.2, 0.25) is 0 Å². The Bertz CT molecular complexity index is 272. The maximum absolute atomic E-state index is 4.15. The summed E-state index contributed by atoms with van der Waals surface area (Å²) in [6.45, 7) is 4.52. The fourth-order valence-corrected chi connectivity index (χ4v) is 2.26. The third kappa shape index (κ3) is 1.98. The molecule has 0 aliphatic carbocycles. The van der Waals surface area contributed by atoms with Gasteiger partial charge in [0.1, 0.15) is 0 Å². The van der Waals surface area contributed by atoms with E-state index in [0.717, 1.165) is 13.0 Å². The second kappa shape index (κ2) is 4.60. The molecule has 3 nitrogen and oxygen atoms in total. The molecule has 1 aliphatic heterocycles. The third-order valence-electron chi connectivity index (χ3n) is 3.12. The topological polar surface area (TPSA) is 40.7 Å². The standard InChI is InChI=1S/C11H19N3/c1-2-9-8-13-14-11(9)10-4-3-6-12-7-5-10/h8,10,12H,2-7H2,1H3,(H,13,14). The second-order valence-corrected chi connectivity index (χ2v) is 4.04. The summed E-state index contributed by atoms with van der Waals surface area (Å²) >= 11 is 0. The average Bonchev–Trinajstić information content (AvgIpc) is 2.52. The van der Waals surface area contributed by atoms with Gasteiger partial charge in [0.25, 0.3) is 0 Å². The lowest BCUT2D eigenvalue weighted by atomic mass is 9.94. The van der Waals surface area contributed by atoms with Gasteiger partial charge in [0.15, 0.2) is 0 Å². The van der Waals surface area contributed by atoms with Crippen molar-refractivity contribution in [3.63, 3.8) is 0 Å². The van der Waals surface area contributed by atoms with E-state index < -0.39 is 0 Å². The third-order valence-corrected chi connectivity index (χ3v) is 3.12. The lowest BCUT2D eigenvalue weighted by Crippen LogP contribution is -2.14. The minimum absolute atomic E-state index is 0.697. The first-order chi connectivity index (χ1) is 6.92. The van der Waals surface area contributed by atoms with Gasteiger partial charge in [0.2, 0.25) is 0 Å². The highest BCUT2D eigenvalue weighted by Gasteiger charge is 2.17. The van der Waals surface area contributed by atoms with Crippen molar-refractivity contribution in [1.29, 1.82) is 0 Å². The molecular weight excluding hydrogens is 174 g/mol. The van der Waals surface area contributed by atoms with Crippen LogP contribution >= 0.6 is 0 Å². The Labute approximate surface area is 85.3 Å². The molecule has 1 saturated heterocycles. The highest BCUT2D eigenvalue weighted by molar-refractivity contribution is 5.20. The van der Waals surface area contributed by atoms with E-state index in [1.165, 1.54) is 37.1 Å².